The lowest BCUT2D eigenvalue weighted by molar-refractivity contribution is -0.0269. The predicted molar refractivity (Wildman–Crippen MR) is 127 cm³/mol. The number of halogens is 2. The van der Waals surface area contributed by atoms with Gasteiger partial charge in [0.1, 0.15) is 0 Å². The maximum Gasteiger partial charge on any atom is 0.289 e. The quantitative estimate of drug-likeness (QED) is 0.466. The first-order valence-corrected chi connectivity index (χ1v) is 13.2. The molecule has 2 aromatic carbocycles. The van der Waals surface area contributed by atoms with E-state index in [0.717, 1.165) is 16.0 Å². The minimum atomic E-state index is -3.87. The summed E-state index contributed by atoms with van der Waals surface area (Å²) in [4.78, 5) is 18.6. The Morgan fingerprint density at radius 3 is 2.47 bits per heavy atom. The lowest BCUT2D eigenvalue weighted by Crippen LogP contribution is -2.46. The first kappa shape index (κ1) is 24.5. The minimum absolute atomic E-state index is 0.0387. The van der Waals surface area contributed by atoms with Crippen LogP contribution in [0.25, 0.3) is 10.2 Å². The van der Waals surface area contributed by atoms with Crippen molar-refractivity contribution in [3.8, 4) is 0 Å². The average molecular weight is 510 g/mol. The maximum atomic E-state index is 12.8. The number of amides is 1. The third-order valence-corrected chi connectivity index (χ3v) is 8.73. The van der Waals surface area contributed by atoms with Crippen LogP contribution in [0.15, 0.2) is 52.9 Å². The Labute approximate surface area is 200 Å². The Morgan fingerprint density at radius 1 is 1.15 bits per heavy atom. The number of fused-ring (bicyclic) bond motifs is 1. The van der Waals surface area contributed by atoms with Gasteiger partial charge < -0.3 is 10.0 Å². The van der Waals surface area contributed by atoms with Crippen LogP contribution in [0.5, 0.6) is 0 Å². The van der Waals surface area contributed by atoms with Crippen LogP contribution in [0.3, 0.4) is 0 Å². The molecular formula is C23H25F2N3O4S2. The van der Waals surface area contributed by atoms with Gasteiger partial charge in [0.15, 0.2) is 0 Å². The van der Waals surface area contributed by atoms with Gasteiger partial charge in [-0.25, -0.2) is 13.8 Å². The van der Waals surface area contributed by atoms with Crippen molar-refractivity contribution in [1.82, 2.24) is 9.88 Å². The smallest absolute Gasteiger partial charge is 0.289 e. The van der Waals surface area contributed by atoms with Crippen LogP contribution in [-0.4, -0.2) is 54.4 Å². The molecule has 0 spiro atoms. The molecule has 0 atom stereocenters. The number of sulfonamides is 1. The van der Waals surface area contributed by atoms with Crippen LogP contribution in [-0.2, 0) is 10.0 Å². The number of carbonyl (C=O) groups excluding carboxylic acids is 1. The molecule has 4 rings (SSSR count). The number of piperidine rings is 1. The van der Waals surface area contributed by atoms with Gasteiger partial charge in [-0.05, 0) is 62.1 Å². The van der Waals surface area contributed by atoms with Crippen molar-refractivity contribution in [2.24, 2.45) is 0 Å². The molecule has 0 bridgehead atoms. The van der Waals surface area contributed by atoms with Gasteiger partial charge in [0.05, 0.1) is 15.8 Å². The molecule has 0 aliphatic carbocycles. The van der Waals surface area contributed by atoms with Crippen LogP contribution < -0.4 is 4.72 Å². The number of anilines is 1. The molecule has 1 fully saturated rings. The summed E-state index contributed by atoms with van der Waals surface area (Å²) in [5.41, 5.74) is 0.291. The van der Waals surface area contributed by atoms with E-state index in [1.54, 1.807) is 35.2 Å². The molecule has 2 N–H and O–H groups in total. The lowest BCUT2D eigenvalue weighted by atomic mass is 9.86. The van der Waals surface area contributed by atoms with E-state index in [1.807, 2.05) is 6.07 Å². The number of para-hydroxylation sites is 1. The molecule has 0 saturated carbocycles. The molecule has 1 aliphatic rings. The fraction of sp³-hybridized carbons (Fsp3) is 0.391. The molecule has 1 amide bonds. The molecule has 1 aliphatic heterocycles. The molecule has 0 unspecified atom stereocenters. The molecule has 182 valence electrons. The highest BCUT2D eigenvalue weighted by molar-refractivity contribution is 7.94. The summed E-state index contributed by atoms with van der Waals surface area (Å²) in [5, 5.41) is 10.6. The molecule has 1 saturated heterocycles. The number of hydrogen-bond acceptors (Lipinski definition) is 6. The Kier molecular flexibility index (Phi) is 7.15. The summed E-state index contributed by atoms with van der Waals surface area (Å²) in [5.74, 6) is -0.227. The monoisotopic (exact) mass is 509 g/mol. The zero-order valence-electron chi connectivity index (χ0n) is 18.3. The number of aliphatic hydroxyl groups is 1. The SMILES string of the molecule is O=C(c1ccc(NS(=O)(=O)c2nc3ccccc3s2)cc1)N1CCC(O)(CCCC(F)F)CC1. The second-order valence-corrected chi connectivity index (χ2v) is 11.3. The van der Waals surface area contributed by atoms with E-state index in [4.69, 9.17) is 0 Å². The van der Waals surface area contributed by atoms with Crippen LogP contribution in [0.4, 0.5) is 14.5 Å². The second-order valence-electron chi connectivity index (χ2n) is 8.43. The maximum absolute atomic E-state index is 12.8. The molecule has 11 heteroatoms. The summed E-state index contributed by atoms with van der Waals surface area (Å²) in [6.45, 7) is 0.659. The average Bonchev–Trinajstić information content (AvgIpc) is 3.25. The third-order valence-electron chi connectivity index (χ3n) is 5.93. The minimum Gasteiger partial charge on any atom is -0.390 e. The Hall–Kier alpha value is -2.63. The van der Waals surface area contributed by atoms with Gasteiger partial charge in [-0.15, -0.1) is 11.3 Å². The van der Waals surface area contributed by atoms with E-state index < -0.39 is 22.0 Å². The first-order chi connectivity index (χ1) is 16.2. The van der Waals surface area contributed by atoms with Gasteiger partial charge >= 0.3 is 0 Å². The molecule has 1 aromatic heterocycles. The Bertz CT molecular complexity index is 1220. The van der Waals surface area contributed by atoms with Crippen LogP contribution in [0.2, 0.25) is 0 Å². The molecule has 7 nitrogen and oxygen atoms in total. The molecule has 0 radical (unpaired) electrons. The zero-order valence-corrected chi connectivity index (χ0v) is 19.9. The highest BCUT2D eigenvalue weighted by Crippen LogP contribution is 2.30. The number of carbonyl (C=O) groups is 1. The number of aromatic nitrogens is 1. The molecule has 2 heterocycles. The molecular weight excluding hydrogens is 484 g/mol. The van der Waals surface area contributed by atoms with Crippen molar-refractivity contribution < 1.29 is 27.1 Å². The topological polar surface area (TPSA) is 99.6 Å². The van der Waals surface area contributed by atoms with E-state index in [0.29, 0.717) is 49.1 Å². The van der Waals surface area contributed by atoms with E-state index in [2.05, 4.69) is 9.71 Å². The standard InChI is InChI=1S/C23H25F2N3O4S2/c24-20(25)6-3-11-23(30)12-14-28(15-13-23)21(29)16-7-9-17(10-8-16)27-34(31,32)22-26-18-4-1-2-5-19(18)33-22/h1-2,4-5,7-10,20,27,30H,3,6,11-15H2. The Morgan fingerprint density at radius 2 is 1.82 bits per heavy atom. The summed E-state index contributed by atoms with van der Waals surface area (Å²) in [7, 11) is -3.87. The normalized spacial score (nSPS) is 16.2. The van der Waals surface area contributed by atoms with E-state index in [1.165, 1.54) is 12.1 Å². The summed E-state index contributed by atoms with van der Waals surface area (Å²) >= 11 is 1.08. The van der Waals surface area contributed by atoms with Gasteiger partial charge in [0, 0.05) is 30.8 Å². The van der Waals surface area contributed by atoms with Crippen molar-refractivity contribution in [2.45, 2.75) is 48.5 Å². The number of likely N-dealkylation sites (tertiary alicyclic amines) is 1. The predicted octanol–water partition coefficient (Wildman–Crippen LogP) is 4.50. The molecule has 3 aromatic rings. The van der Waals surface area contributed by atoms with Gasteiger partial charge in [0.2, 0.25) is 10.8 Å². The second kappa shape index (κ2) is 9.93. The fourth-order valence-corrected chi connectivity index (χ4v) is 6.27. The van der Waals surface area contributed by atoms with E-state index >= 15 is 0 Å². The van der Waals surface area contributed by atoms with Gasteiger partial charge in [0.25, 0.3) is 15.9 Å². The van der Waals surface area contributed by atoms with Gasteiger partial charge in [-0.2, -0.15) is 8.42 Å². The Balaban J connectivity index is 1.35. The van der Waals surface area contributed by atoms with Crippen molar-refractivity contribution in [2.75, 3.05) is 17.8 Å². The number of hydrogen-bond donors (Lipinski definition) is 2. The highest BCUT2D eigenvalue weighted by atomic mass is 32.2. The fourth-order valence-electron chi connectivity index (χ4n) is 3.99. The summed E-state index contributed by atoms with van der Waals surface area (Å²) in [6, 6.07) is 13.3. The zero-order chi connectivity index (χ0) is 24.3. The van der Waals surface area contributed by atoms with Crippen molar-refractivity contribution >= 4 is 43.2 Å². The number of thiazole rings is 1. The number of nitrogens with one attached hydrogen (secondary N) is 1. The summed E-state index contributed by atoms with van der Waals surface area (Å²) < 4.78 is 53.3. The number of alkyl halides is 2. The van der Waals surface area contributed by atoms with Crippen LogP contribution in [0, 0.1) is 0 Å². The first-order valence-electron chi connectivity index (χ1n) is 10.9. The lowest BCUT2D eigenvalue weighted by Gasteiger charge is -2.38. The number of nitrogens with zero attached hydrogens (tertiary/aromatic N) is 2. The van der Waals surface area contributed by atoms with Gasteiger partial charge in [-0.1, -0.05) is 12.1 Å². The number of benzene rings is 2. The van der Waals surface area contributed by atoms with E-state index in [9.17, 15) is 27.1 Å². The largest absolute Gasteiger partial charge is 0.390 e. The number of rotatable bonds is 8. The third kappa shape index (κ3) is 5.70. The van der Waals surface area contributed by atoms with Crippen molar-refractivity contribution in [1.29, 1.82) is 0 Å². The van der Waals surface area contributed by atoms with Crippen LogP contribution in [0.1, 0.15) is 42.5 Å². The highest BCUT2D eigenvalue weighted by Gasteiger charge is 2.34. The van der Waals surface area contributed by atoms with Crippen LogP contribution >= 0.6 is 11.3 Å². The van der Waals surface area contributed by atoms with Crippen molar-refractivity contribution in [3.63, 3.8) is 0 Å². The van der Waals surface area contributed by atoms with Crippen molar-refractivity contribution in [3.05, 3.63) is 54.1 Å². The molecule has 34 heavy (non-hydrogen) atoms. The summed E-state index contributed by atoms with van der Waals surface area (Å²) in [6.07, 6.45) is -1.40. The van der Waals surface area contributed by atoms with Gasteiger partial charge in [-0.3, -0.25) is 9.52 Å². The van der Waals surface area contributed by atoms with E-state index in [-0.39, 0.29) is 23.1 Å².